The predicted octanol–water partition coefficient (Wildman–Crippen LogP) is 4.34. The fourth-order valence-electron chi connectivity index (χ4n) is 2.85. The van der Waals surface area contributed by atoms with Crippen molar-refractivity contribution in [3.05, 3.63) is 50.2 Å². The molecule has 0 aliphatic heterocycles. The summed E-state index contributed by atoms with van der Waals surface area (Å²) in [5, 5.41) is 11.7. The normalized spacial score (nSPS) is 13.2. The third kappa shape index (κ3) is 4.43. The number of fused-ring (bicyclic) bond motifs is 1. The maximum absolute atomic E-state index is 12.2. The molecule has 0 radical (unpaired) electrons. The van der Waals surface area contributed by atoms with Crippen molar-refractivity contribution in [1.29, 1.82) is 5.26 Å². The van der Waals surface area contributed by atoms with Gasteiger partial charge in [-0.1, -0.05) is 18.0 Å². The van der Waals surface area contributed by atoms with Gasteiger partial charge in [0.1, 0.15) is 10.9 Å². The molecular weight excluding hydrogens is 372 g/mol. The predicted molar refractivity (Wildman–Crippen MR) is 101 cm³/mol. The van der Waals surface area contributed by atoms with E-state index >= 15 is 0 Å². The molecule has 0 saturated carbocycles. The molecule has 1 aliphatic rings. The van der Waals surface area contributed by atoms with Gasteiger partial charge in [-0.05, 0) is 55.5 Å². The second-order valence-corrected chi connectivity index (χ2v) is 7.59. The number of rotatable bonds is 4. The number of esters is 1. The number of nitrogens with one attached hydrogen (secondary N) is 1. The number of thiophene rings is 1. The van der Waals surface area contributed by atoms with Gasteiger partial charge < -0.3 is 10.1 Å². The lowest BCUT2D eigenvalue weighted by molar-refractivity contribution is -0.119. The first kappa shape index (κ1) is 18.4. The summed E-state index contributed by atoms with van der Waals surface area (Å²) in [4.78, 5) is 26.0. The number of carbonyl (C=O) groups excluding carboxylic acids is 2. The zero-order chi connectivity index (χ0) is 18.5. The van der Waals surface area contributed by atoms with Crippen LogP contribution in [0.5, 0.6) is 0 Å². The fraction of sp³-hybridized carbons (Fsp3) is 0.316. The summed E-state index contributed by atoms with van der Waals surface area (Å²) in [5.74, 6) is -0.937. The molecule has 1 amide bonds. The topological polar surface area (TPSA) is 79.2 Å². The highest BCUT2D eigenvalue weighted by atomic mass is 35.5. The summed E-state index contributed by atoms with van der Waals surface area (Å²) in [6, 6.07) is 8.41. The lowest BCUT2D eigenvalue weighted by atomic mass is 10.1. The highest BCUT2D eigenvalue weighted by molar-refractivity contribution is 7.14. The van der Waals surface area contributed by atoms with E-state index in [9.17, 15) is 9.59 Å². The van der Waals surface area contributed by atoms with Gasteiger partial charge in [0.05, 0.1) is 10.6 Å². The van der Waals surface area contributed by atoms with Gasteiger partial charge in [0.2, 0.25) is 0 Å². The number of halogens is 1. The van der Waals surface area contributed by atoms with Crippen LogP contribution in [0.25, 0.3) is 0 Å². The van der Waals surface area contributed by atoms with Crippen molar-refractivity contribution in [3.8, 4) is 6.07 Å². The van der Waals surface area contributed by atoms with Crippen molar-refractivity contribution in [2.75, 3.05) is 11.9 Å². The molecule has 1 aliphatic carbocycles. The molecular formula is C19H17ClN2O3S. The summed E-state index contributed by atoms with van der Waals surface area (Å²) in [5.41, 5.74) is 2.00. The summed E-state index contributed by atoms with van der Waals surface area (Å²) in [6.45, 7) is -0.376. The van der Waals surface area contributed by atoms with E-state index in [0.717, 1.165) is 25.7 Å². The number of ether oxygens (including phenoxy) is 1. The molecule has 26 heavy (non-hydrogen) atoms. The van der Waals surface area contributed by atoms with E-state index < -0.39 is 11.9 Å². The number of anilines is 1. The Morgan fingerprint density at radius 3 is 2.81 bits per heavy atom. The summed E-state index contributed by atoms with van der Waals surface area (Å²) >= 11 is 7.39. The number of amides is 1. The van der Waals surface area contributed by atoms with Crippen LogP contribution in [-0.4, -0.2) is 18.5 Å². The van der Waals surface area contributed by atoms with Crippen molar-refractivity contribution >= 4 is 40.5 Å². The summed E-state index contributed by atoms with van der Waals surface area (Å²) < 4.78 is 5.12. The lowest BCUT2D eigenvalue weighted by Crippen LogP contribution is -2.20. The Labute approximate surface area is 160 Å². The van der Waals surface area contributed by atoms with Crippen LogP contribution in [0.3, 0.4) is 0 Å². The first-order valence-electron chi connectivity index (χ1n) is 8.35. The van der Waals surface area contributed by atoms with Crippen molar-refractivity contribution in [2.24, 2.45) is 0 Å². The smallest absolute Gasteiger partial charge is 0.348 e. The van der Waals surface area contributed by atoms with Crippen LogP contribution in [0.4, 0.5) is 5.69 Å². The summed E-state index contributed by atoms with van der Waals surface area (Å²) in [6.07, 6.45) is 5.53. The Balaban J connectivity index is 1.55. The SMILES string of the molecule is N#Cc1ccc(NC(=O)COC(=O)c2cc3c(s2)CCCCC3)cc1Cl. The molecule has 1 aromatic heterocycles. The zero-order valence-electron chi connectivity index (χ0n) is 14.0. The van der Waals surface area contributed by atoms with Crippen LogP contribution in [0.1, 0.15) is 44.9 Å². The minimum Gasteiger partial charge on any atom is -0.451 e. The van der Waals surface area contributed by atoms with Crippen molar-refractivity contribution in [1.82, 2.24) is 0 Å². The lowest BCUT2D eigenvalue weighted by Gasteiger charge is -2.07. The molecule has 1 N–H and O–H groups in total. The molecule has 7 heteroatoms. The number of hydrogen-bond acceptors (Lipinski definition) is 5. The Hall–Kier alpha value is -2.36. The Morgan fingerprint density at radius 1 is 1.23 bits per heavy atom. The highest BCUT2D eigenvalue weighted by Crippen LogP contribution is 2.29. The molecule has 3 rings (SSSR count). The largest absolute Gasteiger partial charge is 0.451 e. The molecule has 1 aromatic carbocycles. The zero-order valence-corrected chi connectivity index (χ0v) is 15.6. The maximum atomic E-state index is 12.2. The standard InChI is InChI=1S/C19H17ClN2O3S/c20-15-9-14(7-6-13(15)10-21)22-18(23)11-25-19(24)17-8-12-4-2-1-3-5-16(12)26-17/h6-9H,1-5,11H2,(H,22,23). The van der Waals surface area contributed by atoms with Gasteiger partial charge in [-0.15, -0.1) is 11.3 Å². The Bertz CT molecular complexity index is 862. The second kappa shape index (κ2) is 8.35. The van der Waals surface area contributed by atoms with Gasteiger partial charge in [-0.25, -0.2) is 4.79 Å². The van der Waals surface area contributed by atoms with Crippen LogP contribution >= 0.6 is 22.9 Å². The molecule has 0 bridgehead atoms. The van der Waals surface area contributed by atoms with Gasteiger partial charge in [0.25, 0.3) is 5.91 Å². The van der Waals surface area contributed by atoms with E-state index in [2.05, 4.69) is 5.32 Å². The number of nitriles is 1. The van der Waals surface area contributed by atoms with E-state index in [1.165, 1.54) is 40.3 Å². The number of benzene rings is 1. The molecule has 2 aromatic rings. The third-order valence-corrected chi connectivity index (χ3v) is 5.69. The Morgan fingerprint density at radius 2 is 2.04 bits per heavy atom. The number of aryl methyl sites for hydroxylation is 2. The molecule has 0 atom stereocenters. The van der Waals surface area contributed by atoms with Crippen molar-refractivity contribution in [3.63, 3.8) is 0 Å². The average molecular weight is 389 g/mol. The minimum atomic E-state index is -0.476. The first-order chi connectivity index (χ1) is 12.6. The quantitative estimate of drug-likeness (QED) is 0.624. The van der Waals surface area contributed by atoms with Crippen molar-refractivity contribution in [2.45, 2.75) is 32.1 Å². The maximum Gasteiger partial charge on any atom is 0.348 e. The van der Waals surface area contributed by atoms with Crippen LogP contribution in [-0.2, 0) is 22.4 Å². The van der Waals surface area contributed by atoms with E-state index in [4.69, 9.17) is 21.6 Å². The highest BCUT2D eigenvalue weighted by Gasteiger charge is 2.18. The van der Waals surface area contributed by atoms with Gasteiger partial charge in [-0.2, -0.15) is 5.26 Å². The molecule has 0 fully saturated rings. The summed E-state index contributed by atoms with van der Waals surface area (Å²) in [7, 11) is 0. The molecule has 134 valence electrons. The van der Waals surface area contributed by atoms with Crippen molar-refractivity contribution < 1.29 is 14.3 Å². The van der Waals surface area contributed by atoms with E-state index in [1.807, 2.05) is 12.1 Å². The molecule has 5 nitrogen and oxygen atoms in total. The van der Waals surface area contributed by atoms with Gasteiger partial charge in [-0.3, -0.25) is 4.79 Å². The number of carbonyl (C=O) groups is 2. The third-order valence-electron chi connectivity index (χ3n) is 4.16. The molecule has 0 saturated heterocycles. The second-order valence-electron chi connectivity index (χ2n) is 6.05. The van der Waals surface area contributed by atoms with E-state index in [1.54, 1.807) is 6.07 Å². The molecule has 0 spiro atoms. The first-order valence-corrected chi connectivity index (χ1v) is 9.54. The molecule has 0 unspecified atom stereocenters. The minimum absolute atomic E-state index is 0.252. The Kier molecular flexibility index (Phi) is 5.92. The van der Waals surface area contributed by atoms with Gasteiger partial charge in [0.15, 0.2) is 6.61 Å². The van der Waals surface area contributed by atoms with Crippen LogP contribution < -0.4 is 5.32 Å². The van der Waals surface area contributed by atoms with E-state index in [-0.39, 0.29) is 11.6 Å². The average Bonchev–Trinajstić information content (AvgIpc) is 2.91. The van der Waals surface area contributed by atoms with Gasteiger partial charge in [0, 0.05) is 10.6 Å². The monoisotopic (exact) mass is 388 g/mol. The number of hydrogen-bond donors (Lipinski definition) is 1. The van der Waals surface area contributed by atoms with Crippen LogP contribution in [0.2, 0.25) is 5.02 Å². The fourth-order valence-corrected chi connectivity index (χ4v) is 4.22. The number of nitrogens with zero attached hydrogens (tertiary/aromatic N) is 1. The van der Waals surface area contributed by atoms with E-state index in [0.29, 0.717) is 16.1 Å². The van der Waals surface area contributed by atoms with Crippen LogP contribution in [0, 0.1) is 11.3 Å². The van der Waals surface area contributed by atoms with Gasteiger partial charge >= 0.3 is 5.97 Å². The molecule has 1 heterocycles. The van der Waals surface area contributed by atoms with Crippen LogP contribution in [0.15, 0.2) is 24.3 Å².